The second kappa shape index (κ2) is 14.0. The molecule has 0 spiro atoms. The van der Waals surface area contributed by atoms with Crippen molar-refractivity contribution in [2.45, 2.75) is 52.6 Å². The molecule has 0 fully saturated rings. The number of Topliss-reactive ketones (excluding diaryl/α,β-unsaturated/α-hetero) is 1. The zero-order valence-corrected chi connectivity index (χ0v) is 26.2. The Bertz CT molecular complexity index is 1560. The first kappa shape index (κ1) is 32.6. The number of carboxylic acid groups (broad SMARTS) is 2. The van der Waals surface area contributed by atoms with E-state index in [0.717, 1.165) is 21.2 Å². The average molecular weight is 628 g/mol. The number of amides is 1. The largest absolute Gasteiger partial charge is 0.493 e. The van der Waals surface area contributed by atoms with Crippen molar-refractivity contribution in [3.05, 3.63) is 46.3 Å². The molecule has 0 aliphatic carbocycles. The van der Waals surface area contributed by atoms with E-state index in [0.29, 0.717) is 54.1 Å². The van der Waals surface area contributed by atoms with Crippen LogP contribution in [0, 0.1) is 11.8 Å². The molecular formula is C32H37NO10S. The smallest absolute Gasteiger partial charge is 0.306 e. The molecule has 0 saturated carbocycles. The van der Waals surface area contributed by atoms with Gasteiger partial charge in [-0.25, -0.2) is 0 Å². The van der Waals surface area contributed by atoms with Crippen LogP contribution in [-0.2, 0) is 20.9 Å². The molecular weight excluding hydrogens is 590 g/mol. The van der Waals surface area contributed by atoms with Crippen LogP contribution in [0.2, 0.25) is 0 Å². The van der Waals surface area contributed by atoms with Crippen molar-refractivity contribution in [1.29, 1.82) is 0 Å². The van der Waals surface area contributed by atoms with E-state index in [-0.39, 0.29) is 30.6 Å². The maximum Gasteiger partial charge on any atom is 0.306 e. The second-order valence-corrected chi connectivity index (χ2v) is 12.0. The third-order valence-corrected chi connectivity index (χ3v) is 8.84. The Morgan fingerprint density at radius 3 is 2.07 bits per heavy atom. The highest BCUT2D eigenvalue weighted by molar-refractivity contribution is 7.20. The molecule has 1 amide bonds. The van der Waals surface area contributed by atoms with Gasteiger partial charge < -0.3 is 34.1 Å². The Hall–Kier alpha value is -4.32. The number of carbonyl (C=O) groups excluding carboxylic acids is 2. The van der Waals surface area contributed by atoms with Crippen molar-refractivity contribution in [3.8, 4) is 23.0 Å². The quantitative estimate of drug-likeness (QED) is 0.162. The lowest BCUT2D eigenvalue weighted by atomic mass is 10.0. The normalized spacial score (nSPS) is 15.4. The predicted octanol–water partition coefficient (Wildman–Crippen LogP) is 5.57. The van der Waals surface area contributed by atoms with Gasteiger partial charge in [0.2, 0.25) is 5.91 Å². The van der Waals surface area contributed by atoms with Gasteiger partial charge in [0.1, 0.15) is 0 Å². The van der Waals surface area contributed by atoms with E-state index in [1.807, 2.05) is 19.1 Å². The van der Waals surface area contributed by atoms with Gasteiger partial charge in [0.25, 0.3) is 0 Å². The molecule has 1 unspecified atom stereocenters. The molecule has 12 heteroatoms. The van der Waals surface area contributed by atoms with Crippen molar-refractivity contribution in [2.75, 3.05) is 27.4 Å². The maximum absolute atomic E-state index is 12.8. The summed E-state index contributed by atoms with van der Waals surface area (Å²) in [6.45, 7) is 5.96. The molecule has 1 aromatic heterocycles. The number of fused-ring (bicyclic) bond motifs is 2. The van der Waals surface area contributed by atoms with Crippen molar-refractivity contribution in [1.82, 2.24) is 4.90 Å². The number of carboxylic acids is 2. The Labute approximate surface area is 259 Å². The summed E-state index contributed by atoms with van der Waals surface area (Å²) >= 11 is 1.29. The van der Waals surface area contributed by atoms with E-state index in [2.05, 4.69) is 0 Å². The zero-order chi connectivity index (χ0) is 32.1. The first-order valence-corrected chi connectivity index (χ1v) is 15.1. The number of carbonyl (C=O) groups is 4. The zero-order valence-electron chi connectivity index (χ0n) is 25.4. The van der Waals surface area contributed by atoms with Crippen LogP contribution in [0.3, 0.4) is 0 Å². The molecule has 1 aliphatic rings. The molecule has 2 N–H and O–H groups in total. The second-order valence-electron chi connectivity index (χ2n) is 10.9. The standard InChI is InChI=1S/C32H37NO10S/c1-17(31(36)37)9-23(34)29-13-20-11-26(25(41-5)15-28(20)44-29)42-7-6-8-43-27-14-22-19(3)33(16-21(22)12-24(27)40-4)30(35)10-18(2)32(38)39/h11-15,17-19H,6-10,16H2,1-5H3,(H,36,37)(H,38,39)/t17-,18-,19?/m0/s1. The monoisotopic (exact) mass is 627 g/mol. The summed E-state index contributed by atoms with van der Waals surface area (Å²) in [7, 11) is 3.08. The van der Waals surface area contributed by atoms with Crippen LogP contribution in [-0.4, -0.2) is 66.2 Å². The van der Waals surface area contributed by atoms with Crippen LogP contribution in [0.5, 0.6) is 23.0 Å². The van der Waals surface area contributed by atoms with Gasteiger partial charge in [0.15, 0.2) is 28.8 Å². The van der Waals surface area contributed by atoms with Crippen molar-refractivity contribution >= 4 is 45.1 Å². The lowest BCUT2D eigenvalue weighted by Gasteiger charge is -2.23. The van der Waals surface area contributed by atoms with Crippen LogP contribution in [0.25, 0.3) is 10.1 Å². The highest BCUT2D eigenvalue weighted by atomic mass is 32.1. The minimum atomic E-state index is -1.01. The molecule has 2 aromatic carbocycles. The molecule has 4 rings (SSSR count). The van der Waals surface area contributed by atoms with Gasteiger partial charge in [0.05, 0.1) is 50.2 Å². The van der Waals surface area contributed by atoms with E-state index in [9.17, 15) is 24.3 Å². The summed E-state index contributed by atoms with van der Waals surface area (Å²) in [5.41, 5.74) is 1.86. The molecule has 1 aliphatic heterocycles. The van der Waals surface area contributed by atoms with Gasteiger partial charge >= 0.3 is 11.9 Å². The number of hydrogen-bond acceptors (Lipinski definition) is 9. The minimum absolute atomic E-state index is 0.0658. The number of thiophene rings is 1. The lowest BCUT2D eigenvalue weighted by molar-refractivity contribution is -0.146. The third-order valence-electron chi connectivity index (χ3n) is 7.70. The SMILES string of the molecule is COc1cc2c(cc1OCCCOc1cc3cc(C(=O)C[C@H](C)C(=O)O)sc3cc1OC)C(C)N(C(=O)C[C@H](C)C(=O)O)C2. The summed E-state index contributed by atoms with van der Waals surface area (Å²) in [6.07, 6.45) is 0.401. The maximum atomic E-state index is 12.8. The number of methoxy groups -OCH3 is 2. The summed E-state index contributed by atoms with van der Waals surface area (Å²) in [5, 5.41) is 19.1. The minimum Gasteiger partial charge on any atom is -0.493 e. The molecule has 2 heterocycles. The summed E-state index contributed by atoms with van der Waals surface area (Å²) in [4.78, 5) is 49.9. The van der Waals surface area contributed by atoms with Gasteiger partial charge in [-0.2, -0.15) is 0 Å². The van der Waals surface area contributed by atoms with Gasteiger partial charge in [-0.15, -0.1) is 11.3 Å². The van der Waals surface area contributed by atoms with Gasteiger partial charge in [-0.05, 0) is 47.7 Å². The highest BCUT2D eigenvalue weighted by Gasteiger charge is 2.33. The summed E-state index contributed by atoms with van der Waals surface area (Å²) < 4.78 is 23.9. The first-order chi connectivity index (χ1) is 20.9. The van der Waals surface area contributed by atoms with Crippen LogP contribution >= 0.6 is 11.3 Å². The average Bonchev–Trinajstić information content (AvgIpc) is 3.55. The molecule has 236 valence electrons. The molecule has 0 saturated heterocycles. The van der Waals surface area contributed by atoms with E-state index in [1.165, 1.54) is 32.3 Å². The number of rotatable bonds is 15. The van der Waals surface area contributed by atoms with Gasteiger partial charge in [-0.1, -0.05) is 13.8 Å². The number of hydrogen-bond donors (Lipinski definition) is 2. The number of ketones is 1. The molecule has 0 radical (unpaired) electrons. The van der Waals surface area contributed by atoms with Crippen LogP contribution < -0.4 is 18.9 Å². The van der Waals surface area contributed by atoms with Crippen molar-refractivity contribution in [3.63, 3.8) is 0 Å². The van der Waals surface area contributed by atoms with Crippen molar-refractivity contribution < 1.29 is 48.3 Å². The number of ether oxygens (including phenoxy) is 4. The first-order valence-electron chi connectivity index (χ1n) is 14.3. The van der Waals surface area contributed by atoms with E-state index < -0.39 is 23.8 Å². The predicted molar refractivity (Wildman–Crippen MR) is 163 cm³/mol. The highest BCUT2D eigenvalue weighted by Crippen LogP contribution is 2.41. The Balaban J connectivity index is 1.36. The number of aliphatic carboxylic acids is 2. The Kier molecular flexibility index (Phi) is 10.4. The summed E-state index contributed by atoms with van der Waals surface area (Å²) in [6, 6.07) is 8.85. The van der Waals surface area contributed by atoms with Crippen LogP contribution in [0.1, 0.15) is 66.9 Å². The summed E-state index contributed by atoms with van der Waals surface area (Å²) in [5.74, 6) is -1.85. The molecule has 3 aromatic rings. The molecule has 0 bridgehead atoms. The Morgan fingerprint density at radius 1 is 0.864 bits per heavy atom. The fourth-order valence-electron chi connectivity index (χ4n) is 5.02. The van der Waals surface area contributed by atoms with E-state index in [4.69, 9.17) is 24.1 Å². The van der Waals surface area contributed by atoms with Crippen LogP contribution in [0.15, 0.2) is 30.3 Å². The molecule has 44 heavy (non-hydrogen) atoms. The fraction of sp³-hybridized carbons (Fsp3) is 0.438. The van der Waals surface area contributed by atoms with Crippen LogP contribution in [0.4, 0.5) is 0 Å². The Morgan fingerprint density at radius 2 is 1.45 bits per heavy atom. The lowest BCUT2D eigenvalue weighted by Crippen LogP contribution is -2.30. The topological polar surface area (TPSA) is 149 Å². The molecule has 11 nitrogen and oxygen atoms in total. The molecule has 3 atom stereocenters. The van der Waals surface area contributed by atoms with Crippen molar-refractivity contribution in [2.24, 2.45) is 11.8 Å². The third kappa shape index (κ3) is 7.24. The van der Waals surface area contributed by atoms with Gasteiger partial charge in [0, 0.05) is 36.6 Å². The van der Waals surface area contributed by atoms with Gasteiger partial charge in [-0.3, -0.25) is 19.2 Å². The number of nitrogens with zero attached hydrogens (tertiary/aromatic N) is 1. The number of benzene rings is 2. The van der Waals surface area contributed by atoms with E-state index >= 15 is 0 Å². The fourth-order valence-corrected chi connectivity index (χ4v) is 6.04. The van der Waals surface area contributed by atoms with E-state index in [1.54, 1.807) is 30.2 Å².